The Hall–Kier alpha value is -1.28. The molecule has 2 nitrogen and oxygen atoms in total. The number of rotatable bonds is 4. The number of nitrogens with one attached hydrogen (secondary N) is 1. The summed E-state index contributed by atoms with van der Waals surface area (Å²) in [7, 11) is 0. The molecular formula is C16H23NO. The molecule has 1 aliphatic rings. The van der Waals surface area contributed by atoms with Gasteiger partial charge in [0.2, 0.25) is 0 Å². The predicted octanol–water partition coefficient (Wildman–Crippen LogP) is 3.46. The van der Waals surface area contributed by atoms with Crippen molar-refractivity contribution in [2.24, 2.45) is 0 Å². The normalized spacial score (nSPS) is 16.0. The second-order valence-electron chi connectivity index (χ2n) is 5.86. The van der Waals surface area contributed by atoms with Gasteiger partial charge in [-0.3, -0.25) is 0 Å². The predicted molar refractivity (Wildman–Crippen MR) is 76.0 cm³/mol. The van der Waals surface area contributed by atoms with Crippen LogP contribution in [-0.4, -0.2) is 12.1 Å². The average Bonchev–Trinajstić information content (AvgIpc) is 2.58. The first-order chi connectivity index (χ1) is 8.48. The molecule has 0 bridgehead atoms. The molecule has 1 N–H and O–H groups in total. The first-order valence-electron chi connectivity index (χ1n) is 6.62. The van der Waals surface area contributed by atoms with Gasteiger partial charge in [-0.05, 0) is 33.3 Å². The summed E-state index contributed by atoms with van der Waals surface area (Å²) >= 11 is 0. The maximum atomic E-state index is 6.05. The highest BCUT2D eigenvalue weighted by atomic mass is 16.5. The van der Waals surface area contributed by atoms with E-state index in [4.69, 9.17) is 4.74 Å². The van der Waals surface area contributed by atoms with Crippen LogP contribution >= 0.6 is 0 Å². The van der Waals surface area contributed by atoms with Gasteiger partial charge in [-0.15, -0.1) is 0 Å². The highest BCUT2D eigenvalue weighted by molar-refractivity contribution is 5.45. The Bertz CT molecular complexity index is 456. The van der Waals surface area contributed by atoms with Gasteiger partial charge < -0.3 is 10.1 Å². The molecule has 1 heterocycles. The van der Waals surface area contributed by atoms with Crippen molar-refractivity contribution in [2.75, 3.05) is 6.54 Å². The highest BCUT2D eigenvalue weighted by Crippen LogP contribution is 2.37. The van der Waals surface area contributed by atoms with Gasteiger partial charge in [0.05, 0.1) is 0 Å². The van der Waals surface area contributed by atoms with Crippen molar-refractivity contribution < 1.29 is 4.74 Å². The zero-order valence-electron chi connectivity index (χ0n) is 11.8. The molecule has 0 fully saturated rings. The van der Waals surface area contributed by atoms with E-state index in [0.29, 0.717) is 0 Å². The van der Waals surface area contributed by atoms with Crippen molar-refractivity contribution in [1.29, 1.82) is 0 Å². The van der Waals surface area contributed by atoms with Crippen LogP contribution in [0.4, 0.5) is 0 Å². The fraction of sp³-hybridized carbons (Fsp3) is 0.500. The summed E-state index contributed by atoms with van der Waals surface area (Å²) in [5.74, 6) is 1.09. The minimum atomic E-state index is -0.0572. The second kappa shape index (κ2) is 5.15. The molecule has 1 aliphatic heterocycles. The zero-order valence-corrected chi connectivity index (χ0v) is 11.8. The maximum Gasteiger partial charge on any atom is 0.127 e. The minimum Gasteiger partial charge on any atom is -0.487 e. The van der Waals surface area contributed by atoms with Crippen LogP contribution in [-0.2, 0) is 13.0 Å². The summed E-state index contributed by atoms with van der Waals surface area (Å²) in [6, 6.07) is 6.45. The standard InChI is InChI=1S/C16H23NO/c1-12(2)8-9-17-11-14-7-5-6-13-10-16(3,4)18-15(13)14/h5-8,17H,9-11H2,1-4H3. The lowest BCUT2D eigenvalue weighted by Crippen LogP contribution is -2.25. The number of para-hydroxylation sites is 1. The largest absolute Gasteiger partial charge is 0.487 e. The van der Waals surface area contributed by atoms with Gasteiger partial charge in [-0.1, -0.05) is 29.8 Å². The van der Waals surface area contributed by atoms with Gasteiger partial charge in [0, 0.05) is 25.1 Å². The second-order valence-corrected chi connectivity index (χ2v) is 5.86. The van der Waals surface area contributed by atoms with Crippen molar-refractivity contribution in [1.82, 2.24) is 5.32 Å². The fourth-order valence-electron chi connectivity index (χ4n) is 2.30. The van der Waals surface area contributed by atoms with Gasteiger partial charge in [0.25, 0.3) is 0 Å². The Morgan fingerprint density at radius 1 is 1.39 bits per heavy atom. The summed E-state index contributed by atoms with van der Waals surface area (Å²) in [4.78, 5) is 0. The maximum absolute atomic E-state index is 6.05. The molecule has 0 amide bonds. The molecule has 0 aliphatic carbocycles. The number of hydrogen-bond acceptors (Lipinski definition) is 2. The Balaban J connectivity index is 2.03. The van der Waals surface area contributed by atoms with E-state index in [9.17, 15) is 0 Å². The number of allylic oxidation sites excluding steroid dienone is 1. The van der Waals surface area contributed by atoms with Crippen LogP contribution in [0.5, 0.6) is 5.75 Å². The summed E-state index contributed by atoms with van der Waals surface area (Å²) in [6.07, 6.45) is 3.21. The first-order valence-corrected chi connectivity index (χ1v) is 6.62. The number of benzene rings is 1. The Labute approximate surface area is 110 Å². The van der Waals surface area contributed by atoms with Gasteiger partial charge in [-0.25, -0.2) is 0 Å². The molecule has 0 saturated heterocycles. The van der Waals surface area contributed by atoms with Crippen LogP contribution in [0.25, 0.3) is 0 Å². The summed E-state index contributed by atoms with van der Waals surface area (Å²) < 4.78 is 6.05. The van der Waals surface area contributed by atoms with Crippen LogP contribution in [0, 0.1) is 0 Å². The van der Waals surface area contributed by atoms with Gasteiger partial charge in [0.1, 0.15) is 11.4 Å². The van der Waals surface area contributed by atoms with E-state index in [0.717, 1.165) is 25.3 Å². The summed E-state index contributed by atoms with van der Waals surface area (Å²) in [5.41, 5.74) is 3.89. The summed E-state index contributed by atoms with van der Waals surface area (Å²) in [6.45, 7) is 10.3. The van der Waals surface area contributed by atoms with Crippen LogP contribution in [0.1, 0.15) is 38.8 Å². The Morgan fingerprint density at radius 2 is 2.17 bits per heavy atom. The Morgan fingerprint density at radius 3 is 2.89 bits per heavy atom. The number of ether oxygens (including phenoxy) is 1. The molecule has 0 spiro atoms. The lowest BCUT2D eigenvalue weighted by molar-refractivity contribution is 0.137. The minimum absolute atomic E-state index is 0.0572. The Kier molecular flexibility index (Phi) is 3.76. The molecule has 0 atom stereocenters. The number of fused-ring (bicyclic) bond motifs is 1. The third-order valence-electron chi connectivity index (χ3n) is 3.14. The zero-order chi connectivity index (χ0) is 13.2. The van der Waals surface area contributed by atoms with Crippen molar-refractivity contribution >= 4 is 0 Å². The molecule has 0 saturated carbocycles. The monoisotopic (exact) mass is 245 g/mol. The van der Waals surface area contributed by atoms with Crippen LogP contribution in [0.3, 0.4) is 0 Å². The van der Waals surface area contributed by atoms with E-state index < -0.39 is 0 Å². The first kappa shape index (κ1) is 13.2. The molecule has 1 aromatic rings. The highest BCUT2D eigenvalue weighted by Gasteiger charge is 2.31. The number of hydrogen-bond donors (Lipinski definition) is 1. The van der Waals surface area contributed by atoms with E-state index in [1.165, 1.54) is 16.7 Å². The molecule has 98 valence electrons. The molecule has 1 aromatic carbocycles. The van der Waals surface area contributed by atoms with E-state index in [-0.39, 0.29) is 5.60 Å². The third-order valence-corrected chi connectivity index (χ3v) is 3.14. The third kappa shape index (κ3) is 3.14. The van der Waals surface area contributed by atoms with Crippen molar-refractivity contribution in [2.45, 2.75) is 46.3 Å². The quantitative estimate of drug-likeness (QED) is 0.648. The molecular weight excluding hydrogens is 222 g/mol. The van der Waals surface area contributed by atoms with E-state index in [2.05, 4.69) is 57.3 Å². The topological polar surface area (TPSA) is 21.3 Å². The van der Waals surface area contributed by atoms with Crippen LogP contribution in [0.15, 0.2) is 29.8 Å². The lowest BCUT2D eigenvalue weighted by atomic mass is 10.0. The van der Waals surface area contributed by atoms with Crippen molar-refractivity contribution in [3.05, 3.63) is 41.0 Å². The smallest absolute Gasteiger partial charge is 0.127 e. The SMILES string of the molecule is CC(C)=CCNCc1cccc2c1OC(C)(C)C2. The van der Waals surface area contributed by atoms with Gasteiger partial charge in [-0.2, -0.15) is 0 Å². The van der Waals surface area contributed by atoms with E-state index >= 15 is 0 Å². The van der Waals surface area contributed by atoms with Crippen molar-refractivity contribution in [3.8, 4) is 5.75 Å². The van der Waals surface area contributed by atoms with Gasteiger partial charge >= 0.3 is 0 Å². The average molecular weight is 245 g/mol. The molecule has 0 aromatic heterocycles. The van der Waals surface area contributed by atoms with E-state index in [1.807, 2.05) is 0 Å². The van der Waals surface area contributed by atoms with E-state index in [1.54, 1.807) is 0 Å². The molecule has 2 heteroatoms. The van der Waals surface area contributed by atoms with Gasteiger partial charge in [0.15, 0.2) is 0 Å². The lowest BCUT2D eigenvalue weighted by Gasteiger charge is -2.18. The van der Waals surface area contributed by atoms with Crippen LogP contribution in [0.2, 0.25) is 0 Å². The molecule has 0 radical (unpaired) electrons. The summed E-state index contributed by atoms with van der Waals surface area (Å²) in [5, 5.41) is 3.43. The fourth-order valence-corrected chi connectivity index (χ4v) is 2.30. The molecule has 18 heavy (non-hydrogen) atoms. The molecule has 2 rings (SSSR count). The van der Waals surface area contributed by atoms with Crippen molar-refractivity contribution in [3.63, 3.8) is 0 Å². The molecule has 0 unspecified atom stereocenters. The van der Waals surface area contributed by atoms with Crippen LogP contribution < -0.4 is 10.1 Å².